The zero-order valence-electron chi connectivity index (χ0n) is 9.15. The van der Waals surface area contributed by atoms with Crippen molar-refractivity contribution in [1.29, 1.82) is 0 Å². The summed E-state index contributed by atoms with van der Waals surface area (Å²) >= 11 is 0. The lowest BCUT2D eigenvalue weighted by atomic mass is 10.00. The maximum absolute atomic E-state index is 12.1. The van der Waals surface area contributed by atoms with Crippen LogP contribution in [0.2, 0.25) is 0 Å². The predicted octanol–water partition coefficient (Wildman–Crippen LogP) is 0.751. The monoisotopic (exact) mass is 221 g/mol. The summed E-state index contributed by atoms with van der Waals surface area (Å²) < 4.78 is 0. The highest BCUT2D eigenvalue weighted by Gasteiger charge is 2.60. The largest absolute Gasteiger partial charge is 0.299 e. The number of nitrogens with zero attached hydrogens (tertiary/aromatic N) is 1. The topological polar surface area (TPSA) is 54.5 Å². The van der Waals surface area contributed by atoms with Crippen molar-refractivity contribution >= 4 is 17.6 Å². The average Bonchev–Trinajstić information content (AvgIpc) is 2.86. The molecule has 1 heterocycles. The molecule has 2 saturated carbocycles. The number of imide groups is 1. The number of hydrogen-bond donors (Lipinski definition) is 0. The van der Waals surface area contributed by atoms with E-state index in [1.807, 2.05) is 0 Å². The molecular formula is C12H15NO3. The number of rotatable bonds is 1. The van der Waals surface area contributed by atoms with Crippen LogP contribution in [0.3, 0.4) is 0 Å². The Hall–Kier alpha value is -1.19. The number of Topliss-reactive ketones (excluding diaryl/α,β-unsaturated/α-hetero) is 1. The molecule has 2 aliphatic carbocycles. The number of likely N-dealkylation sites (tertiary alicyclic amines) is 1. The van der Waals surface area contributed by atoms with Gasteiger partial charge in [-0.1, -0.05) is 0 Å². The number of fused-ring (bicyclic) bond motifs is 1. The summed E-state index contributed by atoms with van der Waals surface area (Å²) in [6.45, 7) is 0.557. The van der Waals surface area contributed by atoms with E-state index < -0.39 is 0 Å². The molecule has 3 rings (SSSR count). The molecule has 0 radical (unpaired) electrons. The zero-order valence-corrected chi connectivity index (χ0v) is 9.15. The third-order valence-electron chi connectivity index (χ3n) is 4.13. The Bertz CT molecular complexity index is 376. The molecule has 1 aliphatic heterocycles. The number of carbonyl (C=O) groups is 3. The van der Waals surface area contributed by atoms with E-state index in [1.165, 1.54) is 4.90 Å². The predicted molar refractivity (Wildman–Crippen MR) is 55.3 cm³/mol. The first-order valence-corrected chi connectivity index (χ1v) is 6.07. The number of ketones is 1. The van der Waals surface area contributed by atoms with Crippen LogP contribution in [0.5, 0.6) is 0 Å². The van der Waals surface area contributed by atoms with Gasteiger partial charge in [-0.25, -0.2) is 0 Å². The Kier molecular flexibility index (Phi) is 2.13. The fourth-order valence-corrected chi connectivity index (χ4v) is 3.25. The van der Waals surface area contributed by atoms with Crippen molar-refractivity contribution in [3.8, 4) is 0 Å². The van der Waals surface area contributed by atoms with Gasteiger partial charge in [0.05, 0.1) is 5.92 Å². The maximum Gasteiger partial charge on any atom is 0.233 e. The lowest BCUT2D eigenvalue weighted by molar-refractivity contribution is -0.143. The maximum atomic E-state index is 12.1. The first kappa shape index (κ1) is 10.00. The molecule has 2 amide bonds. The Morgan fingerprint density at radius 1 is 1.19 bits per heavy atom. The van der Waals surface area contributed by atoms with Crippen molar-refractivity contribution in [3.63, 3.8) is 0 Å². The highest BCUT2D eigenvalue weighted by molar-refractivity contribution is 6.02. The zero-order chi connectivity index (χ0) is 11.3. The van der Waals surface area contributed by atoms with Crippen molar-refractivity contribution in [2.75, 3.05) is 6.54 Å². The third kappa shape index (κ3) is 1.32. The van der Waals surface area contributed by atoms with Crippen LogP contribution in [0.4, 0.5) is 0 Å². The van der Waals surface area contributed by atoms with E-state index in [-0.39, 0.29) is 35.4 Å². The first-order chi connectivity index (χ1) is 7.70. The molecule has 0 spiro atoms. The van der Waals surface area contributed by atoms with E-state index in [1.54, 1.807) is 0 Å². The molecule has 0 unspecified atom stereocenters. The second kappa shape index (κ2) is 3.40. The number of carbonyl (C=O) groups excluding carboxylic acids is 3. The average molecular weight is 221 g/mol. The van der Waals surface area contributed by atoms with E-state index in [0.29, 0.717) is 19.4 Å². The Balaban J connectivity index is 1.73. The highest BCUT2D eigenvalue weighted by Crippen LogP contribution is 2.54. The van der Waals surface area contributed by atoms with Crippen LogP contribution in [0.15, 0.2) is 0 Å². The van der Waals surface area contributed by atoms with E-state index in [2.05, 4.69) is 0 Å². The summed E-state index contributed by atoms with van der Waals surface area (Å²) in [5.41, 5.74) is 0. The minimum absolute atomic E-state index is 0.0466. The van der Waals surface area contributed by atoms with Gasteiger partial charge in [-0.15, -0.1) is 0 Å². The Morgan fingerprint density at radius 2 is 2.00 bits per heavy atom. The van der Waals surface area contributed by atoms with Crippen molar-refractivity contribution in [1.82, 2.24) is 4.90 Å². The normalized spacial score (nSPS) is 37.5. The van der Waals surface area contributed by atoms with E-state index in [4.69, 9.17) is 0 Å². The van der Waals surface area contributed by atoms with Crippen LogP contribution in [-0.4, -0.2) is 29.0 Å². The molecule has 86 valence electrons. The molecule has 4 nitrogen and oxygen atoms in total. The Labute approximate surface area is 94.0 Å². The summed E-state index contributed by atoms with van der Waals surface area (Å²) in [5, 5.41) is 0. The van der Waals surface area contributed by atoms with Crippen LogP contribution in [0.1, 0.15) is 32.1 Å². The molecule has 3 aliphatic rings. The third-order valence-corrected chi connectivity index (χ3v) is 4.13. The summed E-state index contributed by atoms with van der Waals surface area (Å²) in [6.07, 6.45) is 3.79. The van der Waals surface area contributed by atoms with Gasteiger partial charge >= 0.3 is 0 Å². The highest BCUT2D eigenvalue weighted by atomic mass is 16.2. The fourth-order valence-electron chi connectivity index (χ4n) is 3.25. The van der Waals surface area contributed by atoms with E-state index in [0.717, 1.165) is 19.3 Å². The molecule has 16 heavy (non-hydrogen) atoms. The quantitative estimate of drug-likeness (QED) is 0.614. The molecule has 0 aromatic heterocycles. The van der Waals surface area contributed by atoms with Gasteiger partial charge in [0.1, 0.15) is 5.78 Å². The van der Waals surface area contributed by atoms with Gasteiger partial charge in [0.2, 0.25) is 11.8 Å². The molecule has 4 heteroatoms. The molecule has 0 bridgehead atoms. The smallest absolute Gasteiger partial charge is 0.233 e. The summed E-state index contributed by atoms with van der Waals surface area (Å²) in [5.74, 6) is 0.156. The summed E-state index contributed by atoms with van der Waals surface area (Å²) in [4.78, 5) is 36.5. The SMILES string of the molecule is O=C1CCC[C@@H]2[C@H]1[C@H]2C(=O)N1CCCC1=O. The van der Waals surface area contributed by atoms with Crippen molar-refractivity contribution in [2.45, 2.75) is 32.1 Å². The van der Waals surface area contributed by atoms with Crippen LogP contribution in [0.25, 0.3) is 0 Å². The summed E-state index contributed by atoms with van der Waals surface area (Å²) in [6, 6.07) is 0. The second-order valence-electron chi connectivity index (χ2n) is 5.06. The van der Waals surface area contributed by atoms with Crippen molar-refractivity contribution in [3.05, 3.63) is 0 Å². The van der Waals surface area contributed by atoms with Gasteiger partial charge < -0.3 is 0 Å². The van der Waals surface area contributed by atoms with Gasteiger partial charge in [0.25, 0.3) is 0 Å². The van der Waals surface area contributed by atoms with E-state index in [9.17, 15) is 14.4 Å². The van der Waals surface area contributed by atoms with Crippen LogP contribution >= 0.6 is 0 Å². The van der Waals surface area contributed by atoms with Crippen LogP contribution in [0, 0.1) is 17.8 Å². The second-order valence-corrected chi connectivity index (χ2v) is 5.06. The molecule has 0 N–H and O–H groups in total. The van der Waals surface area contributed by atoms with Crippen molar-refractivity contribution < 1.29 is 14.4 Å². The van der Waals surface area contributed by atoms with Gasteiger partial charge in [0, 0.05) is 25.3 Å². The van der Waals surface area contributed by atoms with Crippen LogP contribution < -0.4 is 0 Å². The minimum atomic E-state index is -0.156. The van der Waals surface area contributed by atoms with Crippen molar-refractivity contribution in [2.24, 2.45) is 17.8 Å². The van der Waals surface area contributed by atoms with Gasteiger partial charge in [-0.05, 0) is 25.2 Å². The molecule has 0 aromatic carbocycles. The lowest BCUT2D eigenvalue weighted by Gasteiger charge is -2.12. The Morgan fingerprint density at radius 3 is 2.62 bits per heavy atom. The number of hydrogen-bond acceptors (Lipinski definition) is 3. The molecule has 3 fully saturated rings. The van der Waals surface area contributed by atoms with Crippen LogP contribution in [-0.2, 0) is 14.4 Å². The standard InChI is InChI=1S/C12H15NO3/c14-8-4-1-3-7-10(8)11(7)12(16)13-6-2-5-9(13)15/h7,10-11H,1-6H2/t7-,10-,11+/m1/s1. The van der Waals surface area contributed by atoms with Gasteiger partial charge in [0.15, 0.2) is 0 Å². The molecular weight excluding hydrogens is 206 g/mol. The molecule has 3 atom stereocenters. The minimum Gasteiger partial charge on any atom is -0.299 e. The summed E-state index contributed by atoms with van der Waals surface area (Å²) in [7, 11) is 0. The number of amides is 2. The molecule has 0 aromatic rings. The first-order valence-electron chi connectivity index (χ1n) is 6.07. The molecule has 1 saturated heterocycles. The lowest BCUT2D eigenvalue weighted by Crippen LogP contribution is -2.34. The van der Waals surface area contributed by atoms with E-state index >= 15 is 0 Å². The van der Waals surface area contributed by atoms with Gasteiger partial charge in [-0.2, -0.15) is 0 Å². The van der Waals surface area contributed by atoms with Gasteiger partial charge in [-0.3, -0.25) is 19.3 Å². The fraction of sp³-hybridized carbons (Fsp3) is 0.750.